The molecule has 0 radical (unpaired) electrons. The number of aliphatic hydroxyl groups excluding tert-OH is 1. The number of nitriles is 1. The Hall–Kier alpha value is -1.64. The molecule has 17 heavy (non-hydrogen) atoms. The molecule has 0 bridgehead atoms. The third kappa shape index (κ3) is 2.73. The maximum Gasteiger partial charge on any atom is 0.140 e. The predicted molar refractivity (Wildman–Crippen MR) is 62.4 cm³/mol. The number of nitrogens with zero attached hydrogens (tertiary/aromatic N) is 2. The van der Waals surface area contributed by atoms with E-state index in [4.69, 9.17) is 10.00 Å². The SMILES string of the molecule is N#Cc1ccc(NC2(CO)CCOCC2)cn1. The molecule has 5 heteroatoms. The van der Waals surface area contributed by atoms with Crippen molar-refractivity contribution < 1.29 is 9.84 Å². The third-order valence-electron chi connectivity index (χ3n) is 3.04. The number of ether oxygens (including phenoxy) is 1. The van der Waals surface area contributed by atoms with Crippen molar-refractivity contribution in [2.45, 2.75) is 18.4 Å². The lowest BCUT2D eigenvalue weighted by atomic mass is 9.91. The van der Waals surface area contributed by atoms with E-state index < -0.39 is 0 Å². The maximum atomic E-state index is 9.51. The number of pyridine rings is 1. The minimum Gasteiger partial charge on any atom is -0.394 e. The minimum atomic E-state index is -0.325. The van der Waals surface area contributed by atoms with E-state index in [9.17, 15) is 5.11 Å². The van der Waals surface area contributed by atoms with Crippen molar-refractivity contribution >= 4 is 5.69 Å². The van der Waals surface area contributed by atoms with Crippen molar-refractivity contribution in [3.63, 3.8) is 0 Å². The van der Waals surface area contributed by atoms with Crippen molar-refractivity contribution in [2.24, 2.45) is 0 Å². The summed E-state index contributed by atoms with van der Waals surface area (Å²) >= 11 is 0. The van der Waals surface area contributed by atoms with Crippen LogP contribution in [0.4, 0.5) is 5.69 Å². The van der Waals surface area contributed by atoms with Crippen LogP contribution in [0, 0.1) is 11.3 Å². The summed E-state index contributed by atoms with van der Waals surface area (Å²) in [5.41, 5.74) is 0.884. The second-order valence-electron chi connectivity index (χ2n) is 4.22. The number of nitrogens with one attached hydrogen (secondary N) is 1. The van der Waals surface area contributed by atoms with Gasteiger partial charge in [0.2, 0.25) is 0 Å². The molecule has 0 spiro atoms. The van der Waals surface area contributed by atoms with Crippen LogP contribution in [0.1, 0.15) is 18.5 Å². The highest BCUT2D eigenvalue weighted by Crippen LogP contribution is 2.25. The Labute approximate surface area is 100 Å². The molecule has 0 aromatic carbocycles. The third-order valence-corrected chi connectivity index (χ3v) is 3.04. The van der Waals surface area contributed by atoms with E-state index in [0.717, 1.165) is 18.5 Å². The molecule has 0 atom stereocenters. The summed E-state index contributed by atoms with van der Waals surface area (Å²) in [6.07, 6.45) is 3.15. The molecule has 1 saturated heterocycles. The minimum absolute atomic E-state index is 0.0658. The second kappa shape index (κ2) is 5.13. The largest absolute Gasteiger partial charge is 0.394 e. The van der Waals surface area contributed by atoms with Crippen LogP contribution in [0.5, 0.6) is 0 Å². The molecular weight excluding hydrogens is 218 g/mol. The molecule has 1 aromatic heterocycles. The first kappa shape index (κ1) is 11.8. The van der Waals surface area contributed by atoms with Crippen molar-refractivity contribution in [2.75, 3.05) is 25.1 Å². The monoisotopic (exact) mass is 233 g/mol. The zero-order chi connectivity index (χ0) is 12.1. The van der Waals surface area contributed by atoms with E-state index in [0.29, 0.717) is 18.9 Å². The first-order chi connectivity index (χ1) is 8.28. The zero-order valence-electron chi connectivity index (χ0n) is 9.52. The molecule has 2 heterocycles. The van der Waals surface area contributed by atoms with Gasteiger partial charge in [0.1, 0.15) is 11.8 Å². The molecule has 1 fully saturated rings. The van der Waals surface area contributed by atoms with E-state index in [2.05, 4.69) is 10.3 Å². The summed E-state index contributed by atoms with van der Waals surface area (Å²) in [4.78, 5) is 3.99. The predicted octanol–water partition coefficient (Wildman–Crippen LogP) is 0.907. The van der Waals surface area contributed by atoms with Crippen molar-refractivity contribution in [3.8, 4) is 6.07 Å². The van der Waals surface area contributed by atoms with Crippen LogP contribution in [-0.4, -0.2) is 35.5 Å². The molecule has 0 saturated carbocycles. The van der Waals surface area contributed by atoms with E-state index in [-0.39, 0.29) is 12.1 Å². The van der Waals surface area contributed by atoms with Crippen LogP contribution in [0.15, 0.2) is 18.3 Å². The molecule has 2 N–H and O–H groups in total. The van der Waals surface area contributed by atoms with Gasteiger partial charge in [0.15, 0.2) is 0 Å². The smallest absolute Gasteiger partial charge is 0.140 e. The lowest BCUT2D eigenvalue weighted by Crippen LogP contribution is -2.46. The molecule has 1 aliphatic rings. The fraction of sp³-hybridized carbons (Fsp3) is 0.500. The number of anilines is 1. The van der Waals surface area contributed by atoms with Crippen molar-refractivity contribution in [1.82, 2.24) is 4.98 Å². The van der Waals surface area contributed by atoms with Gasteiger partial charge in [0.25, 0.3) is 0 Å². The molecular formula is C12H15N3O2. The topological polar surface area (TPSA) is 78.2 Å². The molecule has 2 rings (SSSR count). The maximum absolute atomic E-state index is 9.51. The van der Waals surface area contributed by atoms with Gasteiger partial charge in [0.05, 0.1) is 24.0 Å². The average molecular weight is 233 g/mol. The molecule has 1 aromatic rings. The Balaban J connectivity index is 2.09. The summed E-state index contributed by atoms with van der Waals surface area (Å²) in [7, 11) is 0. The van der Waals surface area contributed by atoms with E-state index in [1.54, 1.807) is 18.3 Å². The highest BCUT2D eigenvalue weighted by molar-refractivity contribution is 5.45. The molecule has 90 valence electrons. The number of aliphatic hydroxyl groups is 1. The van der Waals surface area contributed by atoms with E-state index in [1.165, 1.54) is 0 Å². The standard InChI is InChI=1S/C12H15N3O2/c13-7-10-1-2-11(8-14-10)15-12(9-16)3-5-17-6-4-12/h1-2,8,15-16H,3-6,9H2. The number of hydrogen-bond donors (Lipinski definition) is 2. The van der Waals surface area contributed by atoms with Gasteiger partial charge in [-0.2, -0.15) is 5.26 Å². The first-order valence-electron chi connectivity index (χ1n) is 5.61. The fourth-order valence-electron chi connectivity index (χ4n) is 1.92. The van der Waals surface area contributed by atoms with E-state index >= 15 is 0 Å². The summed E-state index contributed by atoms with van der Waals surface area (Å²) in [6.45, 7) is 1.37. The van der Waals surface area contributed by atoms with Crippen LogP contribution in [0.2, 0.25) is 0 Å². The van der Waals surface area contributed by atoms with Crippen molar-refractivity contribution in [3.05, 3.63) is 24.0 Å². The Morgan fingerprint density at radius 2 is 2.24 bits per heavy atom. The molecule has 0 aliphatic carbocycles. The van der Waals surface area contributed by atoms with Crippen LogP contribution in [-0.2, 0) is 4.74 Å². The average Bonchev–Trinajstić information content (AvgIpc) is 2.41. The van der Waals surface area contributed by atoms with Gasteiger partial charge in [-0.3, -0.25) is 0 Å². The molecule has 0 unspecified atom stereocenters. The number of hydrogen-bond acceptors (Lipinski definition) is 5. The zero-order valence-corrected chi connectivity index (χ0v) is 9.52. The number of rotatable bonds is 3. The van der Waals surface area contributed by atoms with Gasteiger partial charge in [-0.25, -0.2) is 4.98 Å². The van der Waals surface area contributed by atoms with Crippen LogP contribution >= 0.6 is 0 Å². The van der Waals surface area contributed by atoms with Gasteiger partial charge in [-0.15, -0.1) is 0 Å². The Morgan fingerprint density at radius 1 is 1.47 bits per heavy atom. The van der Waals surface area contributed by atoms with Gasteiger partial charge < -0.3 is 15.2 Å². The van der Waals surface area contributed by atoms with Crippen LogP contribution in [0.25, 0.3) is 0 Å². The summed E-state index contributed by atoms with van der Waals surface area (Å²) in [6, 6.07) is 5.44. The number of aromatic nitrogens is 1. The highest BCUT2D eigenvalue weighted by atomic mass is 16.5. The molecule has 5 nitrogen and oxygen atoms in total. The summed E-state index contributed by atoms with van der Waals surface area (Å²) < 4.78 is 5.29. The van der Waals surface area contributed by atoms with Crippen LogP contribution in [0.3, 0.4) is 0 Å². The van der Waals surface area contributed by atoms with Crippen molar-refractivity contribution in [1.29, 1.82) is 5.26 Å². The van der Waals surface area contributed by atoms with E-state index in [1.807, 2.05) is 6.07 Å². The lowest BCUT2D eigenvalue weighted by molar-refractivity contribution is 0.0380. The quantitative estimate of drug-likeness (QED) is 0.811. The Kier molecular flexibility index (Phi) is 3.57. The van der Waals surface area contributed by atoms with Crippen LogP contribution < -0.4 is 5.32 Å². The molecule has 1 aliphatic heterocycles. The van der Waals surface area contributed by atoms with Gasteiger partial charge in [-0.1, -0.05) is 0 Å². The van der Waals surface area contributed by atoms with Gasteiger partial charge >= 0.3 is 0 Å². The summed E-state index contributed by atoms with van der Waals surface area (Å²) in [5, 5.41) is 21.5. The fourth-order valence-corrected chi connectivity index (χ4v) is 1.92. The normalized spacial score (nSPS) is 18.4. The Bertz CT molecular complexity index is 405. The molecule has 0 amide bonds. The Morgan fingerprint density at radius 3 is 2.76 bits per heavy atom. The lowest BCUT2D eigenvalue weighted by Gasteiger charge is -2.37. The van der Waals surface area contributed by atoms with Gasteiger partial charge in [0, 0.05) is 13.2 Å². The first-order valence-corrected chi connectivity index (χ1v) is 5.61. The highest BCUT2D eigenvalue weighted by Gasteiger charge is 2.31. The summed E-state index contributed by atoms with van der Waals surface area (Å²) in [5.74, 6) is 0. The van der Waals surface area contributed by atoms with Gasteiger partial charge in [-0.05, 0) is 25.0 Å². The second-order valence-corrected chi connectivity index (χ2v) is 4.22.